The Bertz CT molecular complexity index is 413. The second-order valence-electron chi connectivity index (χ2n) is 5.58. The van der Waals surface area contributed by atoms with Gasteiger partial charge in [0.05, 0.1) is 0 Å². The molecule has 1 saturated carbocycles. The zero-order valence-corrected chi connectivity index (χ0v) is 14.8. The van der Waals surface area contributed by atoms with Gasteiger partial charge >= 0.3 is 0 Å². The van der Waals surface area contributed by atoms with E-state index in [1.165, 1.54) is 32.1 Å². The van der Waals surface area contributed by atoms with Crippen molar-refractivity contribution in [3.8, 4) is 0 Å². The van der Waals surface area contributed by atoms with Crippen molar-refractivity contribution in [3.63, 3.8) is 0 Å². The van der Waals surface area contributed by atoms with Crippen LogP contribution in [-0.4, -0.2) is 22.8 Å². The van der Waals surface area contributed by atoms with Gasteiger partial charge in [0.1, 0.15) is 5.03 Å². The highest BCUT2D eigenvalue weighted by Gasteiger charge is 2.30. The van der Waals surface area contributed by atoms with Gasteiger partial charge in [-0.2, -0.15) is 0 Å². The highest BCUT2D eigenvalue weighted by molar-refractivity contribution is 9.10. The molecule has 0 amide bonds. The number of hydrogen-bond acceptors (Lipinski definition) is 3. The van der Waals surface area contributed by atoms with Crippen molar-refractivity contribution in [1.82, 2.24) is 10.3 Å². The number of aromatic nitrogens is 1. The number of pyridine rings is 1. The SMILES string of the molecule is CCCC1CCC(NCC)C(Sc2ncccc2Br)C1. The number of hydrogen-bond donors (Lipinski definition) is 1. The van der Waals surface area contributed by atoms with Crippen molar-refractivity contribution < 1.29 is 0 Å². The third kappa shape index (κ3) is 4.47. The van der Waals surface area contributed by atoms with E-state index in [0.717, 1.165) is 22.0 Å². The first-order chi connectivity index (χ1) is 9.74. The smallest absolute Gasteiger partial charge is 0.110 e. The van der Waals surface area contributed by atoms with Crippen LogP contribution in [-0.2, 0) is 0 Å². The largest absolute Gasteiger partial charge is 0.313 e. The van der Waals surface area contributed by atoms with Gasteiger partial charge in [-0.05, 0) is 59.8 Å². The second kappa shape index (κ2) is 8.40. The van der Waals surface area contributed by atoms with Crippen molar-refractivity contribution in [3.05, 3.63) is 22.8 Å². The van der Waals surface area contributed by atoms with Crippen molar-refractivity contribution in [2.45, 2.75) is 62.3 Å². The third-order valence-electron chi connectivity index (χ3n) is 4.05. The molecule has 0 spiro atoms. The molecular formula is C16H25BrN2S. The van der Waals surface area contributed by atoms with E-state index in [4.69, 9.17) is 0 Å². The summed E-state index contributed by atoms with van der Waals surface area (Å²) in [7, 11) is 0. The third-order valence-corrected chi connectivity index (χ3v) is 6.33. The van der Waals surface area contributed by atoms with Gasteiger partial charge in [0.15, 0.2) is 0 Å². The zero-order chi connectivity index (χ0) is 14.4. The summed E-state index contributed by atoms with van der Waals surface area (Å²) in [6.07, 6.45) is 8.58. The van der Waals surface area contributed by atoms with E-state index < -0.39 is 0 Å². The van der Waals surface area contributed by atoms with Gasteiger partial charge in [0, 0.05) is 22.0 Å². The Kier molecular flexibility index (Phi) is 6.85. The molecule has 112 valence electrons. The molecule has 2 rings (SSSR count). The summed E-state index contributed by atoms with van der Waals surface area (Å²) in [5, 5.41) is 5.45. The minimum absolute atomic E-state index is 0.631. The minimum atomic E-state index is 0.631. The molecule has 0 bridgehead atoms. The van der Waals surface area contributed by atoms with Gasteiger partial charge in [0.25, 0.3) is 0 Å². The monoisotopic (exact) mass is 356 g/mol. The van der Waals surface area contributed by atoms with Crippen LogP contribution in [0, 0.1) is 5.92 Å². The van der Waals surface area contributed by atoms with E-state index in [9.17, 15) is 0 Å². The van der Waals surface area contributed by atoms with E-state index in [0.29, 0.717) is 11.3 Å². The molecule has 1 fully saturated rings. The average molecular weight is 357 g/mol. The van der Waals surface area contributed by atoms with E-state index in [1.54, 1.807) is 0 Å². The van der Waals surface area contributed by atoms with Gasteiger partial charge in [-0.3, -0.25) is 0 Å². The number of rotatable bonds is 6. The predicted octanol–water partition coefficient (Wildman–Crippen LogP) is 4.88. The zero-order valence-electron chi connectivity index (χ0n) is 12.4. The molecule has 1 heterocycles. The lowest BCUT2D eigenvalue weighted by Gasteiger charge is -2.36. The molecular weight excluding hydrogens is 332 g/mol. The number of thioether (sulfide) groups is 1. The van der Waals surface area contributed by atoms with E-state index >= 15 is 0 Å². The average Bonchev–Trinajstić information content (AvgIpc) is 2.45. The van der Waals surface area contributed by atoms with Gasteiger partial charge in [-0.15, -0.1) is 11.8 Å². The maximum absolute atomic E-state index is 4.53. The molecule has 0 aliphatic heterocycles. The van der Waals surface area contributed by atoms with Crippen LogP contribution < -0.4 is 5.32 Å². The summed E-state index contributed by atoms with van der Waals surface area (Å²) >= 11 is 5.57. The van der Waals surface area contributed by atoms with Crippen LogP contribution >= 0.6 is 27.7 Å². The van der Waals surface area contributed by atoms with Gasteiger partial charge in [-0.25, -0.2) is 4.98 Å². The molecule has 2 nitrogen and oxygen atoms in total. The highest BCUT2D eigenvalue weighted by Crippen LogP contribution is 2.39. The van der Waals surface area contributed by atoms with Crippen LogP contribution in [0.3, 0.4) is 0 Å². The first-order valence-electron chi connectivity index (χ1n) is 7.75. The van der Waals surface area contributed by atoms with Crippen LogP contribution in [0.15, 0.2) is 27.8 Å². The Morgan fingerprint density at radius 1 is 1.40 bits per heavy atom. The molecule has 1 aliphatic carbocycles. The first-order valence-corrected chi connectivity index (χ1v) is 9.42. The lowest BCUT2D eigenvalue weighted by atomic mass is 9.83. The molecule has 0 saturated heterocycles. The normalized spacial score (nSPS) is 26.6. The van der Waals surface area contributed by atoms with Crippen LogP contribution in [0.2, 0.25) is 0 Å². The topological polar surface area (TPSA) is 24.9 Å². The van der Waals surface area contributed by atoms with E-state index in [-0.39, 0.29) is 0 Å². The quantitative estimate of drug-likeness (QED) is 0.785. The van der Waals surface area contributed by atoms with Crippen molar-refractivity contribution >= 4 is 27.7 Å². The molecule has 0 aromatic carbocycles. The maximum Gasteiger partial charge on any atom is 0.110 e. The molecule has 20 heavy (non-hydrogen) atoms. The van der Waals surface area contributed by atoms with Crippen LogP contribution in [0.1, 0.15) is 46.0 Å². The molecule has 1 aromatic heterocycles. The number of halogens is 1. The van der Waals surface area contributed by atoms with Crippen LogP contribution in [0.25, 0.3) is 0 Å². The van der Waals surface area contributed by atoms with Crippen LogP contribution in [0.4, 0.5) is 0 Å². The van der Waals surface area contributed by atoms with Gasteiger partial charge in [0.2, 0.25) is 0 Å². The maximum atomic E-state index is 4.53. The summed E-state index contributed by atoms with van der Waals surface area (Å²) < 4.78 is 1.12. The first kappa shape index (κ1) is 16.3. The second-order valence-corrected chi connectivity index (χ2v) is 7.66. The molecule has 4 heteroatoms. The molecule has 3 unspecified atom stereocenters. The summed E-state index contributed by atoms with van der Waals surface area (Å²) in [6.45, 7) is 5.56. The molecule has 1 aliphatic rings. The summed E-state index contributed by atoms with van der Waals surface area (Å²) in [5.41, 5.74) is 0. The molecule has 1 N–H and O–H groups in total. The van der Waals surface area contributed by atoms with Crippen LogP contribution in [0.5, 0.6) is 0 Å². The fourth-order valence-corrected chi connectivity index (χ4v) is 5.00. The van der Waals surface area contributed by atoms with E-state index in [1.807, 2.05) is 24.0 Å². The Morgan fingerprint density at radius 2 is 2.25 bits per heavy atom. The predicted molar refractivity (Wildman–Crippen MR) is 91.3 cm³/mol. The Balaban J connectivity index is 2.05. The Morgan fingerprint density at radius 3 is 2.95 bits per heavy atom. The van der Waals surface area contributed by atoms with Gasteiger partial charge in [-0.1, -0.05) is 26.7 Å². The van der Waals surface area contributed by atoms with Crippen molar-refractivity contribution in [1.29, 1.82) is 0 Å². The lowest BCUT2D eigenvalue weighted by Crippen LogP contribution is -2.42. The van der Waals surface area contributed by atoms with Crippen molar-refractivity contribution in [2.24, 2.45) is 5.92 Å². The summed E-state index contributed by atoms with van der Waals surface area (Å²) in [4.78, 5) is 4.53. The molecule has 0 radical (unpaired) electrons. The fourth-order valence-electron chi connectivity index (χ4n) is 3.11. The Hall–Kier alpha value is -0.0600. The highest BCUT2D eigenvalue weighted by atomic mass is 79.9. The Labute approximate surface area is 135 Å². The molecule has 1 aromatic rings. The minimum Gasteiger partial charge on any atom is -0.313 e. The summed E-state index contributed by atoms with van der Waals surface area (Å²) in [6, 6.07) is 4.70. The summed E-state index contributed by atoms with van der Waals surface area (Å²) in [5.74, 6) is 0.898. The number of nitrogens with one attached hydrogen (secondary N) is 1. The van der Waals surface area contributed by atoms with E-state index in [2.05, 4.69) is 46.1 Å². The van der Waals surface area contributed by atoms with Gasteiger partial charge < -0.3 is 5.32 Å². The van der Waals surface area contributed by atoms with Crippen molar-refractivity contribution in [2.75, 3.05) is 6.54 Å². The standard InChI is InChI=1S/C16H25BrN2S/c1-3-6-12-8-9-14(18-4-2)15(11-12)20-16-13(17)7-5-10-19-16/h5,7,10,12,14-15,18H,3-4,6,8-9,11H2,1-2H3. The lowest BCUT2D eigenvalue weighted by molar-refractivity contribution is 0.289. The molecule has 3 atom stereocenters. The fraction of sp³-hybridized carbons (Fsp3) is 0.688. The number of nitrogens with zero attached hydrogens (tertiary/aromatic N) is 1.